The smallest absolute Gasteiger partial charge is 0.223 e. The van der Waals surface area contributed by atoms with E-state index in [-0.39, 0.29) is 11.8 Å². The molecule has 0 saturated carbocycles. The number of amides is 1. The van der Waals surface area contributed by atoms with Crippen LogP contribution in [-0.2, 0) is 11.3 Å². The molecule has 1 fully saturated rings. The van der Waals surface area contributed by atoms with E-state index in [1.54, 1.807) is 11.3 Å². The van der Waals surface area contributed by atoms with Crippen molar-refractivity contribution < 1.29 is 4.79 Å². The lowest BCUT2D eigenvalue weighted by molar-refractivity contribution is -0.125. The van der Waals surface area contributed by atoms with Gasteiger partial charge in [0.2, 0.25) is 5.91 Å². The van der Waals surface area contributed by atoms with Gasteiger partial charge in [-0.3, -0.25) is 4.79 Å². The minimum Gasteiger partial charge on any atom is -0.355 e. The van der Waals surface area contributed by atoms with Gasteiger partial charge in [-0.25, -0.2) is 0 Å². The summed E-state index contributed by atoms with van der Waals surface area (Å²) < 4.78 is 0. The number of piperidine rings is 1. The minimum atomic E-state index is 0.0791. The third kappa shape index (κ3) is 4.22. The predicted molar refractivity (Wildman–Crippen MR) is 113 cm³/mol. The number of hydrogen-bond donors (Lipinski definition) is 1. The summed E-state index contributed by atoms with van der Waals surface area (Å²) in [5, 5.41) is 14.0. The molecule has 2 aromatic heterocycles. The molecule has 1 aliphatic heterocycles. The van der Waals surface area contributed by atoms with Crippen LogP contribution in [0, 0.1) is 12.8 Å². The minimum absolute atomic E-state index is 0.0791. The van der Waals surface area contributed by atoms with Crippen LogP contribution in [0.2, 0.25) is 0 Å². The second-order valence-corrected chi connectivity index (χ2v) is 8.18. The van der Waals surface area contributed by atoms with Crippen molar-refractivity contribution in [3.8, 4) is 11.3 Å². The van der Waals surface area contributed by atoms with E-state index in [0.29, 0.717) is 6.54 Å². The molecule has 1 amide bonds. The summed E-state index contributed by atoms with van der Waals surface area (Å²) >= 11 is 1.67. The molecule has 3 aromatic rings. The van der Waals surface area contributed by atoms with Crippen LogP contribution in [0.5, 0.6) is 0 Å². The lowest BCUT2D eigenvalue weighted by Gasteiger charge is -2.31. The molecule has 1 saturated heterocycles. The van der Waals surface area contributed by atoms with Gasteiger partial charge in [0.1, 0.15) is 0 Å². The van der Waals surface area contributed by atoms with Crippen LogP contribution in [0.1, 0.15) is 23.3 Å². The molecule has 0 aliphatic carbocycles. The number of aromatic nitrogens is 2. The number of carbonyl (C=O) groups is 1. The zero-order valence-electron chi connectivity index (χ0n) is 16.0. The summed E-state index contributed by atoms with van der Waals surface area (Å²) in [6, 6.07) is 16.3. The van der Waals surface area contributed by atoms with Gasteiger partial charge in [0.25, 0.3) is 0 Å². The molecule has 0 radical (unpaired) electrons. The van der Waals surface area contributed by atoms with Crippen LogP contribution < -0.4 is 10.2 Å². The Labute approximate surface area is 169 Å². The highest BCUT2D eigenvalue weighted by Crippen LogP contribution is 2.25. The van der Waals surface area contributed by atoms with Gasteiger partial charge in [-0.05, 0) is 48.9 Å². The molecular formula is C22H24N4OS. The third-order valence-electron chi connectivity index (χ3n) is 5.28. The second-order valence-electron chi connectivity index (χ2n) is 7.15. The first kappa shape index (κ1) is 18.6. The monoisotopic (exact) mass is 392 g/mol. The van der Waals surface area contributed by atoms with Gasteiger partial charge in [-0.1, -0.05) is 30.3 Å². The molecule has 0 bridgehead atoms. The summed E-state index contributed by atoms with van der Waals surface area (Å²) in [6.07, 6.45) is 1.69. The van der Waals surface area contributed by atoms with E-state index >= 15 is 0 Å². The van der Waals surface area contributed by atoms with Crippen molar-refractivity contribution in [1.29, 1.82) is 0 Å². The van der Waals surface area contributed by atoms with Crippen LogP contribution >= 0.6 is 11.3 Å². The molecule has 1 aliphatic rings. The molecule has 1 N–H and O–H groups in total. The van der Waals surface area contributed by atoms with Gasteiger partial charge in [0.15, 0.2) is 5.82 Å². The molecule has 5 nitrogen and oxygen atoms in total. The highest BCUT2D eigenvalue weighted by Gasteiger charge is 2.25. The summed E-state index contributed by atoms with van der Waals surface area (Å²) in [6.45, 7) is 4.37. The van der Waals surface area contributed by atoms with E-state index in [2.05, 4.69) is 39.5 Å². The average Bonchev–Trinajstić information content (AvgIpc) is 3.26. The molecule has 28 heavy (non-hydrogen) atoms. The van der Waals surface area contributed by atoms with Crippen molar-refractivity contribution in [3.05, 3.63) is 64.4 Å². The van der Waals surface area contributed by atoms with Crippen LogP contribution in [0.4, 0.5) is 5.82 Å². The Morgan fingerprint density at radius 1 is 1.11 bits per heavy atom. The highest BCUT2D eigenvalue weighted by molar-refractivity contribution is 7.09. The number of nitrogens with one attached hydrogen (secondary N) is 1. The molecule has 0 atom stereocenters. The van der Waals surface area contributed by atoms with Crippen molar-refractivity contribution in [1.82, 2.24) is 15.5 Å². The number of anilines is 1. The van der Waals surface area contributed by atoms with Gasteiger partial charge in [0, 0.05) is 29.4 Å². The number of carbonyl (C=O) groups excluding carboxylic acids is 1. The maximum atomic E-state index is 12.4. The summed E-state index contributed by atoms with van der Waals surface area (Å²) in [7, 11) is 0. The number of thiophene rings is 1. The SMILES string of the molecule is Cc1ccccc1-c1ccc(N2CCC(C(=O)NCc3cccs3)CC2)nn1. The number of benzene rings is 1. The summed E-state index contributed by atoms with van der Waals surface area (Å²) in [4.78, 5) is 15.8. The Morgan fingerprint density at radius 3 is 2.61 bits per heavy atom. The van der Waals surface area contributed by atoms with E-state index in [1.807, 2.05) is 41.8 Å². The van der Waals surface area contributed by atoms with E-state index < -0.39 is 0 Å². The number of aryl methyl sites for hydroxylation is 1. The third-order valence-corrected chi connectivity index (χ3v) is 6.15. The maximum Gasteiger partial charge on any atom is 0.223 e. The molecule has 0 spiro atoms. The molecular weight excluding hydrogens is 368 g/mol. The molecule has 1 aromatic carbocycles. The first-order valence-corrected chi connectivity index (χ1v) is 10.5. The van der Waals surface area contributed by atoms with E-state index in [9.17, 15) is 4.79 Å². The highest BCUT2D eigenvalue weighted by atomic mass is 32.1. The predicted octanol–water partition coefficient (Wildman–Crippen LogP) is 4.05. The Morgan fingerprint density at radius 2 is 1.93 bits per heavy atom. The average molecular weight is 393 g/mol. The van der Waals surface area contributed by atoms with Gasteiger partial charge in [-0.15, -0.1) is 21.5 Å². The fourth-order valence-electron chi connectivity index (χ4n) is 3.60. The first-order valence-electron chi connectivity index (χ1n) is 9.65. The molecule has 0 unspecified atom stereocenters. The van der Waals surface area contributed by atoms with Crippen molar-refractivity contribution >= 4 is 23.1 Å². The Hall–Kier alpha value is -2.73. The molecule has 144 valence electrons. The van der Waals surface area contributed by atoms with Crippen LogP contribution in [0.15, 0.2) is 53.9 Å². The fourth-order valence-corrected chi connectivity index (χ4v) is 4.24. The number of hydrogen-bond acceptors (Lipinski definition) is 5. The lowest BCUT2D eigenvalue weighted by atomic mass is 9.96. The van der Waals surface area contributed by atoms with Crippen molar-refractivity contribution in [2.24, 2.45) is 5.92 Å². The van der Waals surface area contributed by atoms with E-state index in [1.165, 1.54) is 10.4 Å². The van der Waals surface area contributed by atoms with Gasteiger partial charge in [-0.2, -0.15) is 0 Å². The zero-order valence-corrected chi connectivity index (χ0v) is 16.8. The van der Waals surface area contributed by atoms with Gasteiger partial charge >= 0.3 is 0 Å². The second kappa shape index (κ2) is 8.52. The summed E-state index contributed by atoms with van der Waals surface area (Å²) in [5.41, 5.74) is 3.20. The van der Waals surface area contributed by atoms with Gasteiger partial charge < -0.3 is 10.2 Å². The molecule has 6 heteroatoms. The number of nitrogens with zero attached hydrogens (tertiary/aromatic N) is 3. The van der Waals surface area contributed by atoms with Crippen molar-refractivity contribution in [3.63, 3.8) is 0 Å². The Kier molecular flexibility index (Phi) is 5.67. The Balaban J connectivity index is 1.32. The zero-order chi connectivity index (χ0) is 19.3. The number of rotatable bonds is 5. The van der Waals surface area contributed by atoms with Gasteiger partial charge in [0.05, 0.1) is 12.2 Å². The lowest BCUT2D eigenvalue weighted by Crippen LogP contribution is -2.40. The standard InChI is InChI=1S/C22H24N4OS/c1-16-5-2-3-7-19(16)20-8-9-21(25-24-20)26-12-10-17(11-13-26)22(27)23-15-18-6-4-14-28-18/h2-9,14,17H,10-13,15H2,1H3,(H,23,27). The van der Waals surface area contributed by atoms with E-state index in [0.717, 1.165) is 43.0 Å². The summed E-state index contributed by atoms with van der Waals surface area (Å²) in [5.74, 6) is 1.12. The fraction of sp³-hybridized carbons (Fsp3) is 0.318. The first-order chi connectivity index (χ1) is 13.7. The van der Waals surface area contributed by atoms with Crippen LogP contribution in [0.3, 0.4) is 0 Å². The molecule has 3 heterocycles. The maximum absolute atomic E-state index is 12.4. The normalized spacial score (nSPS) is 14.8. The van der Waals surface area contributed by atoms with Crippen molar-refractivity contribution in [2.75, 3.05) is 18.0 Å². The quantitative estimate of drug-likeness (QED) is 0.712. The molecule has 4 rings (SSSR count). The van der Waals surface area contributed by atoms with Crippen LogP contribution in [-0.4, -0.2) is 29.2 Å². The topological polar surface area (TPSA) is 58.1 Å². The van der Waals surface area contributed by atoms with E-state index in [4.69, 9.17) is 0 Å². The largest absolute Gasteiger partial charge is 0.355 e. The van der Waals surface area contributed by atoms with Crippen molar-refractivity contribution in [2.45, 2.75) is 26.3 Å². The van der Waals surface area contributed by atoms with Crippen LogP contribution in [0.25, 0.3) is 11.3 Å². The Bertz CT molecular complexity index is 916.